The quantitative estimate of drug-likeness (QED) is 0.814. The fourth-order valence-corrected chi connectivity index (χ4v) is 2.18. The van der Waals surface area contributed by atoms with Crippen molar-refractivity contribution in [2.45, 2.75) is 0 Å². The van der Waals surface area contributed by atoms with Crippen LogP contribution in [0.2, 0.25) is 10.0 Å². The second-order valence-electron chi connectivity index (χ2n) is 3.72. The van der Waals surface area contributed by atoms with Gasteiger partial charge in [-0.3, -0.25) is 4.79 Å². The van der Waals surface area contributed by atoms with Gasteiger partial charge in [0.15, 0.2) is 0 Å². The van der Waals surface area contributed by atoms with Crippen LogP contribution in [-0.2, 0) is 0 Å². The zero-order valence-corrected chi connectivity index (χ0v) is 12.6. The molecule has 0 spiro atoms. The Bertz CT molecular complexity index is 647. The lowest BCUT2D eigenvalue weighted by Gasteiger charge is -2.09. The number of nitrogens with one attached hydrogen (secondary N) is 1. The fraction of sp³-hybridized carbons (Fsp3) is 0. The standard InChI is InChI=1S/C13H8BrCl2NO2/c14-7-4-5-8(11(18)6-7)13(19)17-10-3-1-2-9(15)12(10)16/h1-6,18H,(H,17,19). The molecular formula is C13H8BrCl2NO2. The van der Waals surface area contributed by atoms with Crippen molar-refractivity contribution in [1.29, 1.82) is 0 Å². The highest BCUT2D eigenvalue weighted by molar-refractivity contribution is 9.10. The summed E-state index contributed by atoms with van der Waals surface area (Å²) in [6.45, 7) is 0. The molecule has 0 aromatic heterocycles. The Labute approximate surface area is 128 Å². The molecule has 0 fully saturated rings. The third-order valence-corrected chi connectivity index (χ3v) is 3.72. The number of aromatic hydroxyl groups is 1. The molecule has 0 saturated heterocycles. The molecule has 0 radical (unpaired) electrons. The maximum atomic E-state index is 12.0. The maximum absolute atomic E-state index is 12.0. The average molecular weight is 361 g/mol. The van der Waals surface area contributed by atoms with Gasteiger partial charge in [-0.25, -0.2) is 0 Å². The molecule has 2 N–H and O–H groups in total. The van der Waals surface area contributed by atoms with Crippen LogP contribution in [0.3, 0.4) is 0 Å². The number of phenolic OH excluding ortho intramolecular Hbond substituents is 1. The van der Waals surface area contributed by atoms with Crippen molar-refractivity contribution in [3.8, 4) is 5.75 Å². The van der Waals surface area contributed by atoms with Crippen LogP contribution < -0.4 is 5.32 Å². The van der Waals surface area contributed by atoms with E-state index in [2.05, 4.69) is 21.2 Å². The van der Waals surface area contributed by atoms with Crippen molar-refractivity contribution < 1.29 is 9.90 Å². The highest BCUT2D eigenvalue weighted by Crippen LogP contribution is 2.30. The van der Waals surface area contributed by atoms with E-state index in [1.807, 2.05) is 0 Å². The van der Waals surface area contributed by atoms with E-state index in [9.17, 15) is 9.90 Å². The molecule has 0 aliphatic rings. The third-order valence-electron chi connectivity index (χ3n) is 2.40. The van der Waals surface area contributed by atoms with Gasteiger partial charge in [-0.2, -0.15) is 0 Å². The number of carbonyl (C=O) groups is 1. The smallest absolute Gasteiger partial charge is 0.259 e. The summed E-state index contributed by atoms with van der Waals surface area (Å²) < 4.78 is 0.683. The third kappa shape index (κ3) is 3.21. The van der Waals surface area contributed by atoms with E-state index in [0.717, 1.165) is 0 Å². The maximum Gasteiger partial charge on any atom is 0.259 e. The molecule has 0 aliphatic heterocycles. The van der Waals surface area contributed by atoms with Gasteiger partial charge in [0.25, 0.3) is 5.91 Å². The monoisotopic (exact) mass is 359 g/mol. The van der Waals surface area contributed by atoms with Gasteiger partial charge in [-0.15, -0.1) is 0 Å². The number of carbonyl (C=O) groups excluding carboxylic acids is 1. The SMILES string of the molecule is O=C(Nc1cccc(Cl)c1Cl)c1ccc(Br)cc1O. The van der Waals surface area contributed by atoms with Crippen LogP contribution in [0.15, 0.2) is 40.9 Å². The zero-order valence-electron chi connectivity index (χ0n) is 9.45. The van der Waals surface area contributed by atoms with Gasteiger partial charge in [0, 0.05) is 4.47 Å². The second-order valence-corrected chi connectivity index (χ2v) is 5.42. The zero-order chi connectivity index (χ0) is 14.0. The Morgan fingerprint density at radius 1 is 1.21 bits per heavy atom. The van der Waals surface area contributed by atoms with Gasteiger partial charge in [-0.1, -0.05) is 45.2 Å². The molecule has 0 atom stereocenters. The number of anilines is 1. The second kappa shape index (κ2) is 5.82. The van der Waals surface area contributed by atoms with E-state index in [1.165, 1.54) is 12.1 Å². The predicted octanol–water partition coefficient (Wildman–Crippen LogP) is 4.71. The number of phenols is 1. The summed E-state index contributed by atoms with van der Waals surface area (Å²) in [5.41, 5.74) is 0.542. The van der Waals surface area contributed by atoms with Crippen LogP contribution in [-0.4, -0.2) is 11.0 Å². The van der Waals surface area contributed by atoms with E-state index < -0.39 is 5.91 Å². The van der Waals surface area contributed by atoms with Gasteiger partial charge in [0.1, 0.15) is 5.75 Å². The molecule has 3 nitrogen and oxygen atoms in total. The summed E-state index contributed by atoms with van der Waals surface area (Å²) in [6.07, 6.45) is 0. The fourth-order valence-electron chi connectivity index (χ4n) is 1.49. The molecule has 0 bridgehead atoms. The van der Waals surface area contributed by atoms with Crippen molar-refractivity contribution in [2.75, 3.05) is 5.32 Å². The minimum absolute atomic E-state index is 0.120. The van der Waals surface area contributed by atoms with E-state index >= 15 is 0 Å². The normalized spacial score (nSPS) is 10.3. The van der Waals surface area contributed by atoms with Crippen LogP contribution in [0.25, 0.3) is 0 Å². The summed E-state index contributed by atoms with van der Waals surface area (Å²) in [4.78, 5) is 12.0. The van der Waals surface area contributed by atoms with Crippen molar-refractivity contribution in [3.63, 3.8) is 0 Å². The van der Waals surface area contributed by atoms with Gasteiger partial charge in [-0.05, 0) is 30.3 Å². The number of rotatable bonds is 2. The van der Waals surface area contributed by atoms with Crippen LogP contribution in [0.5, 0.6) is 5.75 Å². The summed E-state index contributed by atoms with van der Waals surface area (Å²) in [7, 11) is 0. The number of halogens is 3. The van der Waals surface area contributed by atoms with Gasteiger partial charge in [0.05, 0.1) is 21.3 Å². The lowest BCUT2D eigenvalue weighted by Crippen LogP contribution is -2.12. The molecule has 2 aromatic rings. The molecule has 1 amide bonds. The first kappa shape index (κ1) is 14.2. The molecule has 19 heavy (non-hydrogen) atoms. The van der Waals surface area contributed by atoms with E-state index in [1.54, 1.807) is 24.3 Å². The van der Waals surface area contributed by atoms with Crippen molar-refractivity contribution in [3.05, 3.63) is 56.5 Å². The minimum Gasteiger partial charge on any atom is -0.507 e. The molecule has 0 saturated carbocycles. The van der Waals surface area contributed by atoms with E-state index in [-0.39, 0.29) is 16.3 Å². The minimum atomic E-state index is -0.464. The first-order chi connectivity index (χ1) is 8.99. The predicted molar refractivity (Wildman–Crippen MR) is 80.2 cm³/mol. The van der Waals surface area contributed by atoms with Gasteiger partial charge in [0.2, 0.25) is 0 Å². The number of amides is 1. The Morgan fingerprint density at radius 2 is 1.95 bits per heavy atom. The van der Waals surface area contributed by atoms with Crippen LogP contribution in [0.1, 0.15) is 10.4 Å². The van der Waals surface area contributed by atoms with Crippen molar-refractivity contribution in [1.82, 2.24) is 0 Å². The lowest BCUT2D eigenvalue weighted by atomic mass is 10.2. The van der Waals surface area contributed by atoms with Crippen LogP contribution in [0, 0.1) is 0 Å². The summed E-state index contributed by atoms with van der Waals surface area (Å²) in [5, 5.41) is 12.9. The molecule has 2 aromatic carbocycles. The molecule has 6 heteroatoms. The number of hydrogen-bond donors (Lipinski definition) is 2. The van der Waals surface area contributed by atoms with Gasteiger partial charge >= 0.3 is 0 Å². The Hall–Kier alpha value is -1.23. The Balaban J connectivity index is 2.28. The number of benzene rings is 2. The molecule has 0 heterocycles. The van der Waals surface area contributed by atoms with Crippen LogP contribution >= 0.6 is 39.1 Å². The highest BCUT2D eigenvalue weighted by Gasteiger charge is 2.13. The first-order valence-corrected chi connectivity index (χ1v) is 6.78. The largest absolute Gasteiger partial charge is 0.507 e. The summed E-state index contributed by atoms with van der Waals surface area (Å²) in [5.74, 6) is -0.584. The lowest BCUT2D eigenvalue weighted by molar-refractivity contribution is 0.102. The molecule has 0 aliphatic carbocycles. The van der Waals surface area contributed by atoms with Crippen LogP contribution in [0.4, 0.5) is 5.69 Å². The Morgan fingerprint density at radius 3 is 2.63 bits per heavy atom. The molecule has 0 unspecified atom stereocenters. The Kier molecular flexibility index (Phi) is 4.34. The molecular weight excluding hydrogens is 353 g/mol. The topological polar surface area (TPSA) is 49.3 Å². The first-order valence-electron chi connectivity index (χ1n) is 5.23. The summed E-state index contributed by atoms with van der Waals surface area (Å²) in [6, 6.07) is 9.53. The van der Waals surface area contributed by atoms with Crippen molar-refractivity contribution in [2.24, 2.45) is 0 Å². The average Bonchev–Trinajstić information content (AvgIpc) is 2.34. The summed E-state index contributed by atoms with van der Waals surface area (Å²) >= 11 is 15.0. The van der Waals surface area contributed by atoms with E-state index in [0.29, 0.717) is 15.2 Å². The number of hydrogen-bond acceptors (Lipinski definition) is 2. The van der Waals surface area contributed by atoms with Gasteiger partial charge < -0.3 is 10.4 Å². The highest BCUT2D eigenvalue weighted by atomic mass is 79.9. The van der Waals surface area contributed by atoms with Crippen molar-refractivity contribution >= 4 is 50.7 Å². The van der Waals surface area contributed by atoms with E-state index in [4.69, 9.17) is 23.2 Å². The molecule has 98 valence electrons. The molecule has 2 rings (SSSR count).